The molecule has 1 heterocycles. The van der Waals surface area contributed by atoms with Gasteiger partial charge in [-0.1, -0.05) is 6.07 Å². The van der Waals surface area contributed by atoms with Gasteiger partial charge in [0.05, 0.1) is 0 Å². The highest BCUT2D eigenvalue weighted by molar-refractivity contribution is 7.99. The molecule has 1 aliphatic rings. The highest BCUT2D eigenvalue weighted by Crippen LogP contribution is 2.25. The van der Waals surface area contributed by atoms with Crippen LogP contribution in [0, 0.1) is 11.6 Å². The number of nitrogens with zero attached hydrogens (tertiary/aromatic N) is 1. The highest BCUT2D eigenvalue weighted by atomic mass is 32.2. The zero-order chi connectivity index (χ0) is 13.0. The van der Waals surface area contributed by atoms with E-state index in [9.17, 15) is 8.78 Å². The predicted molar refractivity (Wildman–Crippen MR) is 71.7 cm³/mol. The van der Waals surface area contributed by atoms with Gasteiger partial charge in [0.15, 0.2) is 0 Å². The lowest BCUT2D eigenvalue weighted by atomic mass is 10.0. The fraction of sp³-hybridized carbons (Fsp3) is 0.538. The van der Waals surface area contributed by atoms with Crippen molar-refractivity contribution in [3.63, 3.8) is 0 Å². The average molecular weight is 272 g/mol. The van der Waals surface area contributed by atoms with E-state index in [1.165, 1.54) is 12.1 Å². The van der Waals surface area contributed by atoms with Gasteiger partial charge in [-0.25, -0.2) is 8.78 Å². The molecular weight excluding hydrogens is 254 g/mol. The van der Waals surface area contributed by atoms with Gasteiger partial charge in [-0.05, 0) is 24.8 Å². The summed E-state index contributed by atoms with van der Waals surface area (Å²) in [5.41, 5.74) is 6.29. The molecule has 0 aromatic heterocycles. The summed E-state index contributed by atoms with van der Waals surface area (Å²) in [4.78, 5) is 2.20. The van der Waals surface area contributed by atoms with Crippen LogP contribution < -0.4 is 5.73 Å². The van der Waals surface area contributed by atoms with Crippen LogP contribution in [0.25, 0.3) is 0 Å². The Morgan fingerprint density at radius 2 is 2.11 bits per heavy atom. The molecule has 5 heteroatoms. The fourth-order valence-electron chi connectivity index (χ4n) is 2.32. The van der Waals surface area contributed by atoms with Crippen LogP contribution in [-0.4, -0.2) is 36.0 Å². The van der Waals surface area contributed by atoms with Gasteiger partial charge >= 0.3 is 0 Å². The molecule has 1 aromatic carbocycles. The van der Waals surface area contributed by atoms with Crippen molar-refractivity contribution < 1.29 is 8.78 Å². The standard InChI is InChI=1S/C13H18F2N2S/c14-10-2-3-11(12(15)8-10)13(9-16)17-4-1-6-18-7-5-17/h2-3,8,13H,1,4-7,9,16H2. The van der Waals surface area contributed by atoms with Gasteiger partial charge in [-0.3, -0.25) is 4.90 Å². The van der Waals surface area contributed by atoms with E-state index in [2.05, 4.69) is 4.90 Å². The second kappa shape index (κ2) is 6.50. The Morgan fingerprint density at radius 3 is 2.83 bits per heavy atom. The average Bonchev–Trinajstić information content (AvgIpc) is 2.62. The monoisotopic (exact) mass is 272 g/mol. The van der Waals surface area contributed by atoms with Crippen LogP contribution in [-0.2, 0) is 0 Å². The summed E-state index contributed by atoms with van der Waals surface area (Å²) in [5, 5.41) is 0. The zero-order valence-electron chi connectivity index (χ0n) is 10.2. The lowest BCUT2D eigenvalue weighted by molar-refractivity contribution is 0.213. The molecule has 18 heavy (non-hydrogen) atoms. The predicted octanol–water partition coefficient (Wildman–Crippen LogP) is 2.40. The first-order valence-electron chi connectivity index (χ1n) is 6.19. The molecule has 100 valence electrons. The fourth-order valence-corrected chi connectivity index (χ4v) is 3.22. The van der Waals surface area contributed by atoms with Crippen LogP contribution >= 0.6 is 11.8 Å². The number of halogens is 2. The maximum Gasteiger partial charge on any atom is 0.130 e. The van der Waals surface area contributed by atoms with E-state index in [-0.39, 0.29) is 6.04 Å². The summed E-state index contributed by atoms with van der Waals surface area (Å²) in [5.74, 6) is 1.14. The third kappa shape index (κ3) is 3.22. The van der Waals surface area contributed by atoms with Crippen LogP contribution in [0.2, 0.25) is 0 Å². The van der Waals surface area contributed by atoms with Crippen LogP contribution in [0.15, 0.2) is 18.2 Å². The van der Waals surface area contributed by atoms with Crippen molar-refractivity contribution in [3.8, 4) is 0 Å². The molecule has 0 spiro atoms. The molecule has 2 rings (SSSR count). The lowest BCUT2D eigenvalue weighted by Gasteiger charge is -2.30. The molecule has 1 fully saturated rings. The Hall–Kier alpha value is -0.650. The topological polar surface area (TPSA) is 29.3 Å². The molecule has 1 atom stereocenters. The number of rotatable bonds is 3. The zero-order valence-corrected chi connectivity index (χ0v) is 11.1. The van der Waals surface area contributed by atoms with Gasteiger partial charge in [0.2, 0.25) is 0 Å². The van der Waals surface area contributed by atoms with Gasteiger partial charge in [0.25, 0.3) is 0 Å². The molecule has 2 nitrogen and oxygen atoms in total. The Bertz CT molecular complexity index is 393. The second-order valence-electron chi connectivity index (χ2n) is 4.42. The Balaban J connectivity index is 2.20. The summed E-state index contributed by atoms with van der Waals surface area (Å²) in [6, 6.07) is 3.60. The van der Waals surface area contributed by atoms with E-state index in [4.69, 9.17) is 5.73 Å². The van der Waals surface area contributed by atoms with Crippen molar-refractivity contribution in [3.05, 3.63) is 35.4 Å². The van der Waals surface area contributed by atoms with Crippen molar-refractivity contribution in [2.45, 2.75) is 12.5 Å². The van der Waals surface area contributed by atoms with Crippen molar-refractivity contribution >= 4 is 11.8 Å². The Morgan fingerprint density at radius 1 is 1.28 bits per heavy atom. The minimum atomic E-state index is -0.543. The summed E-state index contributed by atoms with van der Waals surface area (Å²) in [6.07, 6.45) is 1.09. The number of nitrogens with two attached hydrogens (primary N) is 1. The van der Waals surface area contributed by atoms with E-state index in [1.54, 1.807) is 0 Å². The van der Waals surface area contributed by atoms with Gasteiger partial charge < -0.3 is 5.73 Å². The van der Waals surface area contributed by atoms with Crippen LogP contribution in [0.1, 0.15) is 18.0 Å². The SMILES string of the molecule is NCC(c1ccc(F)cc1F)N1CCCSCC1. The molecular formula is C13H18F2N2S. The molecule has 0 saturated carbocycles. The summed E-state index contributed by atoms with van der Waals surface area (Å²) in [6.45, 7) is 2.18. The highest BCUT2D eigenvalue weighted by Gasteiger charge is 2.23. The van der Waals surface area contributed by atoms with E-state index < -0.39 is 11.6 Å². The number of hydrogen-bond donors (Lipinski definition) is 1. The molecule has 0 aliphatic carbocycles. The van der Waals surface area contributed by atoms with E-state index in [0.29, 0.717) is 12.1 Å². The Kier molecular flexibility index (Phi) is 4.97. The van der Waals surface area contributed by atoms with E-state index in [0.717, 1.165) is 37.1 Å². The quantitative estimate of drug-likeness (QED) is 0.916. The van der Waals surface area contributed by atoms with Crippen LogP contribution in [0.5, 0.6) is 0 Å². The van der Waals surface area contributed by atoms with Gasteiger partial charge in [-0.2, -0.15) is 11.8 Å². The minimum absolute atomic E-state index is 0.149. The van der Waals surface area contributed by atoms with Crippen molar-refractivity contribution in [2.75, 3.05) is 31.1 Å². The molecule has 1 aromatic rings. The smallest absolute Gasteiger partial charge is 0.130 e. The molecule has 1 unspecified atom stereocenters. The third-order valence-electron chi connectivity index (χ3n) is 3.24. The van der Waals surface area contributed by atoms with Crippen LogP contribution in [0.3, 0.4) is 0 Å². The molecule has 0 radical (unpaired) electrons. The van der Waals surface area contributed by atoms with Crippen LogP contribution in [0.4, 0.5) is 8.78 Å². The first kappa shape index (κ1) is 13.8. The number of thioether (sulfide) groups is 1. The van der Waals surface area contributed by atoms with E-state index >= 15 is 0 Å². The minimum Gasteiger partial charge on any atom is -0.329 e. The molecule has 2 N–H and O–H groups in total. The molecule has 0 bridgehead atoms. The maximum absolute atomic E-state index is 13.8. The van der Waals surface area contributed by atoms with Crippen molar-refractivity contribution in [2.24, 2.45) is 5.73 Å². The summed E-state index contributed by atoms with van der Waals surface area (Å²) < 4.78 is 26.8. The van der Waals surface area contributed by atoms with E-state index in [1.807, 2.05) is 11.8 Å². The van der Waals surface area contributed by atoms with Crippen molar-refractivity contribution in [1.82, 2.24) is 4.90 Å². The van der Waals surface area contributed by atoms with Crippen molar-refractivity contribution in [1.29, 1.82) is 0 Å². The summed E-state index contributed by atoms with van der Waals surface area (Å²) >= 11 is 1.91. The van der Waals surface area contributed by atoms with Gasteiger partial charge in [0.1, 0.15) is 11.6 Å². The number of hydrogen-bond acceptors (Lipinski definition) is 3. The third-order valence-corrected chi connectivity index (χ3v) is 4.29. The van der Waals surface area contributed by atoms with Gasteiger partial charge in [-0.15, -0.1) is 0 Å². The normalized spacial score (nSPS) is 19.5. The first-order valence-corrected chi connectivity index (χ1v) is 7.34. The Labute approximate surface area is 111 Å². The largest absolute Gasteiger partial charge is 0.329 e. The molecule has 0 amide bonds. The van der Waals surface area contributed by atoms with Gasteiger partial charge in [0, 0.05) is 36.5 Å². The maximum atomic E-state index is 13.8. The second-order valence-corrected chi connectivity index (χ2v) is 5.64. The first-order chi connectivity index (χ1) is 8.72. The number of benzene rings is 1. The molecule has 1 aliphatic heterocycles. The molecule has 1 saturated heterocycles. The summed E-state index contributed by atoms with van der Waals surface area (Å²) in [7, 11) is 0. The lowest BCUT2D eigenvalue weighted by Crippen LogP contribution is -2.36.